The van der Waals surface area contributed by atoms with Crippen molar-refractivity contribution in [1.82, 2.24) is 24.3 Å². The van der Waals surface area contributed by atoms with Crippen molar-refractivity contribution in [3.8, 4) is 28.7 Å². The van der Waals surface area contributed by atoms with E-state index in [1.54, 1.807) is 40.9 Å². The zero-order valence-corrected chi connectivity index (χ0v) is 27.3. The lowest BCUT2D eigenvalue weighted by atomic mass is 10.0. The summed E-state index contributed by atoms with van der Waals surface area (Å²) in [5.74, 6) is 0.918. The molecule has 234 valence electrons. The predicted molar refractivity (Wildman–Crippen MR) is 173 cm³/mol. The van der Waals surface area contributed by atoms with Crippen LogP contribution in [-0.4, -0.2) is 84.2 Å². The number of piperidine rings is 1. The molecule has 0 aliphatic carbocycles. The number of methoxy groups -OCH3 is 2. The molecule has 1 aliphatic heterocycles. The minimum absolute atomic E-state index is 0.114. The van der Waals surface area contributed by atoms with Gasteiger partial charge in [-0.3, -0.25) is 14.2 Å². The number of fused-ring (bicyclic) bond motifs is 1. The van der Waals surface area contributed by atoms with Crippen molar-refractivity contribution >= 4 is 46.1 Å². The number of nitriles is 1. The standard InChI is InChI=1S/C31H37Cl2N7O4/c1-18(2)13-19(16-34)29(41)39-9-7-21(8-10-39)38(4)11-12-40-28-20(17-36-31(35-3)37-28)14-22(30(40)42)25-26(32)23(43-5)15-24(44-6)27(25)33/h13-15,17-18,21H,7-12H2,1-6H3,(H,35,36,37)/b19-13-. The minimum Gasteiger partial charge on any atom is -0.495 e. The molecule has 1 fully saturated rings. The normalized spacial score (nSPS) is 14.3. The fraction of sp³-hybridized carbons (Fsp3) is 0.452. The molecule has 1 saturated heterocycles. The van der Waals surface area contributed by atoms with Crippen molar-refractivity contribution in [1.29, 1.82) is 5.26 Å². The number of amides is 1. The molecule has 0 saturated carbocycles. The summed E-state index contributed by atoms with van der Waals surface area (Å²) < 4.78 is 12.5. The summed E-state index contributed by atoms with van der Waals surface area (Å²) in [7, 11) is 6.67. The van der Waals surface area contributed by atoms with Crippen LogP contribution in [0.5, 0.6) is 11.5 Å². The molecule has 2 aromatic heterocycles. The third-order valence-corrected chi connectivity index (χ3v) is 8.55. The molecule has 1 aliphatic rings. The molecule has 4 rings (SSSR count). The summed E-state index contributed by atoms with van der Waals surface area (Å²) in [5.41, 5.74) is 0.899. The second-order valence-electron chi connectivity index (χ2n) is 11.0. The van der Waals surface area contributed by atoms with E-state index in [1.807, 2.05) is 27.0 Å². The Morgan fingerprint density at radius 2 is 1.84 bits per heavy atom. The summed E-state index contributed by atoms with van der Waals surface area (Å²) in [6.45, 7) is 5.85. The number of allylic oxidation sites excluding steroid dienone is 1. The van der Waals surface area contributed by atoms with E-state index in [9.17, 15) is 14.9 Å². The number of likely N-dealkylation sites (tertiary alicyclic amines) is 1. The Labute approximate surface area is 267 Å². The van der Waals surface area contributed by atoms with Crippen molar-refractivity contribution in [3.63, 3.8) is 0 Å². The Bertz CT molecular complexity index is 1650. The summed E-state index contributed by atoms with van der Waals surface area (Å²) in [6.07, 6.45) is 4.85. The van der Waals surface area contributed by atoms with Crippen LogP contribution >= 0.6 is 23.2 Å². The number of likely N-dealkylation sites (N-methyl/N-ethyl adjacent to an activating group) is 1. The molecule has 0 bridgehead atoms. The Hall–Kier alpha value is -3.85. The monoisotopic (exact) mass is 641 g/mol. The molecule has 11 nitrogen and oxygen atoms in total. The van der Waals surface area contributed by atoms with E-state index >= 15 is 0 Å². The van der Waals surface area contributed by atoms with E-state index in [4.69, 9.17) is 32.7 Å². The van der Waals surface area contributed by atoms with Gasteiger partial charge in [0.25, 0.3) is 11.5 Å². The Kier molecular flexibility index (Phi) is 10.7. The number of benzene rings is 1. The van der Waals surface area contributed by atoms with E-state index in [1.165, 1.54) is 14.2 Å². The molecule has 1 amide bonds. The number of hydrogen-bond acceptors (Lipinski definition) is 9. The van der Waals surface area contributed by atoms with Crippen LogP contribution in [0.4, 0.5) is 5.95 Å². The van der Waals surface area contributed by atoms with Gasteiger partial charge in [0.05, 0.1) is 29.8 Å². The molecule has 0 radical (unpaired) electrons. The lowest BCUT2D eigenvalue weighted by Gasteiger charge is -2.36. The number of rotatable bonds is 10. The molecule has 1 N–H and O–H groups in total. The molecular weight excluding hydrogens is 605 g/mol. The van der Waals surface area contributed by atoms with Crippen LogP contribution in [-0.2, 0) is 11.3 Å². The van der Waals surface area contributed by atoms with Gasteiger partial charge in [-0.15, -0.1) is 0 Å². The topological polar surface area (TPSA) is 126 Å². The number of nitrogens with zero attached hydrogens (tertiary/aromatic N) is 6. The predicted octanol–water partition coefficient (Wildman–Crippen LogP) is 4.85. The van der Waals surface area contributed by atoms with Gasteiger partial charge in [0, 0.05) is 62.5 Å². The van der Waals surface area contributed by atoms with Gasteiger partial charge in [-0.2, -0.15) is 10.2 Å². The molecule has 44 heavy (non-hydrogen) atoms. The molecule has 0 unspecified atom stereocenters. The van der Waals surface area contributed by atoms with Crippen LogP contribution in [0.2, 0.25) is 10.0 Å². The van der Waals surface area contributed by atoms with Crippen LogP contribution < -0.4 is 20.3 Å². The van der Waals surface area contributed by atoms with E-state index in [-0.39, 0.29) is 44.6 Å². The number of carbonyl (C=O) groups excluding carboxylic acids is 1. The highest BCUT2D eigenvalue weighted by molar-refractivity contribution is 6.41. The van der Waals surface area contributed by atoms with Gasteiger partial charge in [0.15, 0.2) is 0 Å². The van der Waals surface area contributed by atoms with E-state index < -0.39 is 0 Å². The molecule has 1 aromatic carbocycles. The lowest BCUT2D eigenvalue weighted by molar-refractivity contribution is -0.128. The van der Waals surface area contributed by atoms with Gasteiger partial charge in [-0.05, 0) is 31.9 Å². The third kappa shape index (κ3) is 6.78. The highest BCUT2D eigenvalue weighted by Gasteiger charge is 2.28. The van der Waals surface area contributed by atoms with Crippen molar-refractivity contribution < 1.29 is 14.3 Å². The average molecular weight is 643 g/mol. The van der Waals surface area contributed by atoms with Crippen LogP contribution in [0, 0.1) is 17.2 Å². The first-order valence-corrected chi connectivity index (χ1v) is 15.1. The van der Waals surface area contributed by atoms with Crippen LogP contribution in [0.15, 0.2) is 34.8 Å². The Morgan fingerprint density at radius 1 is 1.20 bits per heavy atom. The summed E-state index contributed by atoms with van der Waals surface area (Å²) >= 11 is 13.4. The largest absolute Gasteiger partial charge is 0.495 e. The smallest absolute Gasteiger partial charge is 0.264 e. The maximum absolute atomic E-state index is 14.2. The van der Waals surface area contributed by atoms with E-state index in [2.05, 4.69) is 20.2 Å². The highest BCUT2D eigenvalue weighted by Crippen LogP contribution is 2.45. The second-order valence-corrected chi connectivity index (χ2v) is 11.7. The van der Waals surface area contributed by atoms with Gasteiger partial charge in [-0.1, -0.05) is 43.1 Å². The van der Waals surface area contributed by atoms with E-state index in [0.717, 1.165) is 12.8 Å². The lowest BCUT2D eigenvalue weighted by Crippen LogP contribution is -2.46. The fourth-order valence-electron chi connectivity index (χ4n) is 5.40. The van der Waals surface area contributed by atoms with Gasteiger partial charge in [-0.25, -0.2) is 4.98 Å². The van der Waals surface area contributed by atoms with Crippen molar-refractivity contribution in [3.05, 3.63) is 50.4 Å². The second kappa shape index (κ2) is 14.3. The average Bonchev–Trinajstić information content (AvgIpc) is 3.03. The number of hydrogen-bond donors (Lipinski definition) is 1. The van der Waals surface area contributed by atoms with Crippen LogP contribution in [0.3, 0.4) is 0 Å². The molecule has 13 heteroatoms. The summed E-state index contributed by atoms with van der Waals surface area (Å²) in [4.78, 5) is 39.9. The molecular formula is C31H37Cl2N7O4. The number of nitrogens with one attached hydrogen (secondary N) is 1. The number of pyridine rings is 1. The molecule has 3 aromatic rings. The first-order valence-electron chi connectivity index (χ1n) is 14.3. The van der Waals surface area contributed by atoms with Crippen LogP contribution in [0.25, 0.3) is 22.2 Å². The van der Waals surface area contributed by atoms with Gasteiger partial charge < -0.3 is 24.6 Å². The third-order valence-electron chi connectivity index (χ3n) is 7.80. The number of halogens is 2. The summed E-state index contributed by atoms with van der Waals surface area (Å²) in [5, 5.41) is 13.4. The zero-order chi connectivity index (χ0) is 32.1. The first kappa shape index (κ1) is 33.1. The van der Waals surface area contributed by atoms with Crippen molar-refractivity contribution in [2.75, 3.05) is 53.3 Å². The van der Waals surface area contributed by atoms with Gasteiger partial charge >= 0.3 is 0 Å². The first-order chi connectivity index (χ1) is 21.0. The fourth-order valence-corrected chi connectivity index (χ4v) is 6.10. The maximum Gasteiger partial charge on any atom is 0.264 e. The van der Waals surface area contributed by atoms with Gasteiger partial charge in [0.1, 0.15) is 28.8 Å². The minimum atomic E-state index is -0.327. The number of anilines is 1. The number of ether oxygens (including phenoxy) is 2. The highest BCUT2D eigenvalue weighted by atomic mass is 35.5. The van der Waals surface area contributed by atoms with E-state index in [0.29, 0.717) is 60.2 Å². The Morgan fingerprint density at radius 3 is 2.39 bits per heavy atom. The van der Waals surface area contributed by atoms with Gasteiger partial charge in [0.2, 0.25) is 5.95 Å². The van der Waals surface area contributed by atoms with Crippen molar-refractivity contribution in [2.45, 2.75) is 39.3 Å². The number of carbonyl (C=O) groups is 1. The van der Waals surface area contributed by atoms with Crippen LogP contribution in [0.1, 0.15) is 26.7 Å². The van der Waals surface area contributed by atoms with Crippen molar-refractivity contribution in [2.24, 2.45) is 5.92 Å². The zero-order valence-electron chi connectivity index (χ0n) is 25.8. The maximum atomic E-state index is 14.2. The molecule has 3 heterocycles. The molecule has 0 spiro atoms. The quantitative estimate of drug-likeness (QED) is 0.244. The summed E-state index contributed by atoms with van der Waals surface area (Å²) in [6, 6.07) is 5.50. The SMILES string of the molecule is CNc1ncc2cc(-c3c(Cl)c(OC)cc(OC)c3Cl)c(=O)n(CCN(C)C3CCN(C(=O)/C(C#N)=C\C(C)C)CC3)c2n1. The Balaban J connectivity index is 1.64. The molecule has 0 atom stereocenters. The number of aromatic nitrogens is 3.